The molecule has 0 aromatic heterocycles. The summed E-state index contributed by atoms with van der Waals surface area (Å²) in [5, 5.41) is 12.0. The van der Waals surface area contributed by atoms with Crippen LogP contribution in [0.15, 0.2) is 18.2 Å². The zero-order valence-corrected chi connectivity index (χ0v) is 15.8. The number of rotatable bonds is 13. The molecular formula is C19H31ClN2O2. The number of methoxy groups -OCH3 is 1. The minimum absolute atomic E-state index is 0.167. The lowest BCUT2D eigenvalue weighted by Gasteiger charge is -2.11. The number of unbranched alkanes of at least 4 members (excludes halogenated alkanes) is 5. The van der Waals surface area contributed by atoms with E-state index in [0.717, 1.165) is 38.1 Å². The third-order valence-electron chi connectivity index (χ3n) is 3.82. The van der Waals surface area contributed by atoms with Crippen LogP contribution in [0.3, 0.4) is 0 Å². The van der Waals surface area contributed by atoms with Gasteiger partial charge in [0.05, 0.1) is 17.3 Å². The van der Waals surface area contributed by atoms with Crippen molar-refractivity contribution in [1.29, 1.82) is 5.41 Å². The molecule has 4 nitrogen and oxygen atoms in total. The summed E-state index contributed by atoms with van der Waals surface area (Å²) in [5.74, 6) is 0.167. The fraction of sp³-hybridized carbons (Fsp3) is 0.632. The Kier molecular flexibility index (Phi) is 11.3. The third kappa shape index (κ3) is 8.55. The van der Waals surface area contributed by atoms with Gasteiger partial charge in [-0.25, -0.2) is 0 Å². The van der Waals surface area contributed by atoms with E-state index in [0.29, 0.717) is 17.2 Å². The molecule has 0 aliphatic carbocycles. The van der Waals surface area contributed by atoms with Crippen LogP contribution in [-0.2, 0) is 9.47 Å². The van der Waals surface area contributed by atoms with Gasteiger partial charge in [0.1, 0.15) is 0 Å². The highest BCUT2D eigenvalue weighted by molar-refractivity contribution is 6.33. The highest BCUT2D eigenvalue weighted by Gasteiger charge is 2.07. The number of anilines is 1. The van der Waals surface area contributed by atoms with Crippen LogP contribution in [0.25, 0.3) is 0 Å². The van der Waals surface area contributed by atoms with Crippen LogP contribution in [-0.4, -0.2) is 32.8 Å². The molecule has 24 heavy (non-hydrogen) atoms. The summed E-state index contributed by atoms with van der Waals surface area (Å²) in [5.41, 5.74) is 1.63. The van der Waals surface area contributed by atoms with Gasteiger partial charge in [-0.1, -0.05) is 44.2 Å². The maximum Gasteiger partial charge on any atom is 0.213 e. The summed E-state index contributed by atoms with van der Waals surface area (Å²) in [6, 6.07) is 5.59. The first-order valence-electron chi connectivity index (χ1n) is 8.93. The summed E-state index contributed by atoms with van der Waals surface area (Å²) < 4.78 is 10.4. The van der Waals surface area contributed by atoms with Crippen LogP contribution in [0.2, 0.25) is 5.02 Å². The molecule has 1 rings (SSSR count). The van der Waals surface area contributed by atoms with Crippen molar-refractivity contribution in [3.05, 3.63) is 28.8 Å². The highest BCUT2D eigenvalue weighted by atomic mass is 35.5. The van der Waals surface area contributed by atoms with Gasteiger partial charge in [0, 0.05) is 25.8 Å². The van der Waals surface area contributed by atoms with Gasteiger partial charge in [0.2, 0.25) is 5.90 Å². The van der Waals surface area contributed by atoms with Crippen molar-refractivity contribution in [1.82, 2.24) is 0 Å². The largest absolute Gasteiger partial charge is 0.478 e. The van der Waals surface area contributed by atoms with Crippen LogP contribution in [0.1, 0.15) is 57.4 Å². The molecule has 136 valence electrons. The van der Waals surface area contributed by atoms with Gasteiger partial charge in [-0.2, -0.15) is 0 Å². The van der Waals surface area contributed by atoms with Gasteiger partial charge in [0.25, 0.3) is 0 Å². The summed E-state index contributed by atoms with van der Waals surface area (Å²) in [6.07, 6.45) is 8.08. The molecule has 0 atom stereocenters. The Morgan fingerprint density at radius 1 is 1.08 bits per heavy atom. The molecule has 0 aliphatic rings. The summed E-state index contributed by atoms with van der Waals surface area (Å²) >= 11 is 6.31. The Morgan fingerprint density at radius 3 is 2.54 bits per heavy atom. The van der Waals surface area contributed by atoms with Crippen LogP contribution in [0.4, 0.5) is 5.69 Å². The van der Waals surface area contributed by atoms with E-state index in [1.54, 1.807) is 13.2 Å². The number of benzene rings is 1. The first kappa shape index (κ1) is 20.8. The SMILES string of the molecule is CCCCCCCNc1ccc(C(=N)OCCCCOC)cc1Cl. The summed E-state index contributed by atoms with van der Waals surface area (Å²) in [6.45, 7) is 4.40. The fourth-order valence-electron chi connectivity index (χ4n) is 2.36. The summed E-state index contributed by atoms with van der Waals surface area (Å²) in [4.78, 5) is 0. The van der Waals surface area contributed by atoms with Gasteiger partial charge in [-0.05, 0) is 37.5 Å². The molecule has 1 aromatic rings. The minimum atomic E-state index is 0.167. The van der Waals surface area contributed by atoms with E-state index in [4.69, 9.17) is 26.5 Å². The highest BCUT2D eigenvalue weighted by Crippen LogP contribution is 2.23. The molecule has 0 saturated heterocycles. The number of hydrogen-bond donors (Lipinski definition) is 2. The molecule has 0 saturated carbocycles. The molecule has 1 aromatic carbocycles. The average molecular weight is 355 g/mol. The molecular weight excluding hydrogens is 324 g/mol. The Hall–Kier alpha value is -1.26. The van der Waals surface area contributed by atoms with Crippen LogP contribution >= 0.6 is 11.6 Å². The normalized spacial score (nSPS) is 10.6. The minimum Gasteiger partial charge on any atom is -0.478 e. The van der Waals surface area contributed by atoms with Crippen LogP contribution in [0.5, 0.6) is 0 Å². The third-order valence-corrected chi connectivity index (χ3v) is 4.13. The Balaban J connectivity index is 2.33. The maximum atomic E-state index is 7.98. The number of nitrogens with one attached hydrogen (secondary N) is 2. The van der Waals surface area contributed by atoms with E-state index in [-0.39, 0.29) is 5.90 Å². The van der Waals surface area contributed by atoms with E-state index < -0.39 is 0 Å². The van der Waals surface area contributed by atoms with Crippen molar-refractivity contribution in [2.45, 2.75) is 51.9 Å². The molecule has 0 heterocycles. The van der Waals surface area contributed by atoms with Crippen LogP contribution in [0, 0.1) is 5.41 Å². The topological polar surface area (TPSA) is 54.3 Å². The molecule has 0 bridgehead atoms. The molecule has 2 N–H and O–H groups in total. The lowest BCUT2D eigenvalue weighted by molar-refractivity contribution is 0.182. The van der Waals surface area contributed by atoms with Crippen LogP contribution < -0.4 is 5.32 Å². The zero-order valence-electron chi connectivity index (χ0n) is 15.0. The predicted molar refractivity (Wildman–Crippen MR) is 103 cm³/mol. The number of ether oxygens (including phenoxy) is 2. The van der Waals surface area contributed by atoms with E-state index in [1.165, 1.54) is 25.7 Å². The smallest absolute Gasteiger partial charge is 0.213 e. The second-order valence-corrected chi connectivity index (χ2v) is 6.32. The van der Waals surface area contributed by atoms with Crippen molar-refractivity contribution in [3.8, 4) is 0 Å². The first-order chi connectivity index (χ1) is 11.7. The molecule has 0 amide bonds. The molecule has 0 radical (unpaired) electrons. The summed E-state index contributed by atoms with van der Waals surface area (Å²) in [7, 11) is 1.69. The zero-order chi connectivity index (χ0) is 17.6. The van der Waals surface area contributed by atoms with Crippen molar-refractivity contribution < 1.29 is 9.47 Å². The van der Waals surface area contributed by atoms with Gasteiger partial charge in [-0.3, -0.25) is 5.41 Å². The molecule has 0 unspecified atom stereocenters. The van der Waals surface area contributed by atoms with E-state index in [9.17, 15) is 0 Å². The van der Waals surface area contributed by atoms with Gasteiger partial charge in [-0.15, -0.1) is 0 Å². The lowest BCUT2D eigenvalue weighted by atomic mass is 10.1. The fourth-order valence-corrected chi connectivity index (χ4v) is 2.60. The van der Waals surface area contributed by atoms with E-state index in [2.05, 4.69) is 12.2 Å². The van der Waals surface area contributed by atoms with Crippen molar-refractivity contribution in [3.63, 3.8) is 0 Å². The molecule has 0 spiro atoms. The Labute approximate surface area is 151 Å². The Bertz CT molecular complexity index is 480. The quantitative estimate of drug-likeness (QED) is 0.280. The lowest BCUT2D eigenvalue weighted by Crippen LogP contribution is -2.08. The molecule has 0 fully saturated rings. The number of halogens is 1. The number of hydrogen-bond acceptors (Lipinski definition) is 4. The second kappa shape index (κ2) is 13.1. The Morgan fingerprint density at radius 2 is 1.83 bits per heavy atom. The van der Waals surface area contributed by atoms with Crippen molar-refractivity contribution in [2.75, 3.05) is 32.2 Å². The molecule has 0 aliphatic heterocycles. The molecule has 5 heteroatoms. The van der Waals surface area contributed by atoms with Gasteiger partial charge >= 0.3 is 0 Å². The van der Waals surface area contributed by atoms with Gasteiger partial charge < -0.3 is 14.8 Å². The maximum absolute atomic E-state index is 7.98. The van der Waals surface area contributed by atoms with E-state index >= 15 is 0 Å². The van der Waals surface area contributed by atoms with E-state index in [1.807, 2.05) is 12.1 Å². The van der Waals surface area contributed by atoms with Gasteiger partial charge in [0.15, 0.2) is 0 Å². The first-order valence-corrected chi connectivity index (χ1v) is 9.31. The van der Waals surface area contributed by atoms with Crippen molar-refractivity contribution >= 4 is 23.2 Å². The average Bonchev–Trinajstić information content (AvgIpc) is 2.58. The standard InChI is InChI=1S/C19H31ClN2O2/c1-3-4-5-6-7-12-22-18-11-10-16(15-17(18)20)19(21)24-14-9-8-13-23-2/h10-11,15,21-22H,3-9,12-14H2,1-2H3. The second-order valence-electron chi connectivity index (χ2n) is 5.91. The predicted octanol–water partition coefficient (Wildman–Crippen LogP) is 5.49. The van der Waals surface area contributed by atoms with Crippen molar-refractivity contribution in [2.24, 2.45) is 0 Å². The monoisotopic (exact) mass is 354 g/mol.